The van der Waals surface area contributed by atoms with Crippen LogP contribution in [0, 0.1) is 0 Å². The Morgan fingerprint density at radius 3 is 2.43 bits per heavy atom. The molecule has 1 heterocycles. The largest absolute Gasteiger partial charge is 0.495 e. The summed E-state index contributed by atoms with van der Waals surface area (Å²) < 4.78 is 5.19. The first-order chi connectivity index (χ1) is 10.0. The van der Waals surface area contributed by atoms with Crippen LogP contribution >= 0.6 is 0 Å². The summed E-state index contributed by atoms with van der Waals surface area (Å²) in [5.74, 6) is 0.329. The molecule has 6 nitrogen and oxygen atoms in total. The van der Waals surface area contributed by atoms with Crippen molar-refractivity contribution < 1.29 is 14.3 Å². The second kappa shape index (κ2) is 6.58. The van der Waals surface area contributed by atoms with E-state index in [1.165, 1.54) is 14.0 Å². The highest BCUT2D eigenvalue weighted by molar-refractivity contribution is 5.98. The van der Waals surface area contributed by atoms with Gasteiger partial charge < -0.3 is 19.9 Å². The number of anilines is 1. The van der Waals surface area contributed by atoms with E-state index in [1.54, 1.807) is 18.2 Å². The van der Waals surface area contributed by atoms with Crippen LogP contribution in [0.5, 0.6) is 5.75 Å². The molecule has 1 aliphatic heterocycles. The molecule has 0 aromatic heterocycles. The Balaban J connectivity index is 2.19. The van der Waals surface area contributed by atoms with Crippen LogP contribution in [0.4, 0.5) is 5.69 Å². The first-order valence-electron chi connectivity index (χ1n) is 6.94. The number of nitrogens with one attached hydrogen (secondary N) is 1. The van der Waals surface area contributed by atoms with E-state index in [2.05, 4.69) is 10.2 Å². The summed E-state index contributed by atoms with van der Waals surface area (Å²) in [5.41, 5.74) is 1.08. The van der Waals surface area contributed by atoms with Crippen molar-refractivity contribution in [2.45, 2.75) is 6.92 Å². The van der Waals surface area contributed by atoms with Gasteiger partial charge in [-0.15, -0.1) is 0 Å². The number of methoxy groups -OCH3 is 1. The first-order valence-corrected chi connectivity index (χ1v) is 6.94. The van der Waals surface area contributed by atoms with Crippen LogP contribution in [0.3, 0.4) is 0 Å². The van der Waals surface area contributed by atoms with Crippen molar-refractivity contribution in [2.75, 3.05) is 45.7 Å². The van der Waals surface area contributed by atoms with E-state index in [4.69, 9.17) is 4.74 Å². The van der Waals surface area contributed by atoms with Gasteiger partial charge >= 0.3 is 0 Å². The molecule has 0 spiro atoms. The zero-order chi connectivity index (χ0) is 15.4. The molecular formula is C15H21N3O3. The summed E-state index contributed by atoms with van der Waals surface area (Å²) in [5, 5.41) is 2.69. The van der Waals surface area contributed by atoms with Gasteiger partial charge in [0.05, 0.1) is 12.8 Å². The SMILES string of the molecule is COc1ccc(C(=O)N2CCN(C)CC2)cc1NC(C)=O. The average Bonchev–Trinajstić information content (AvgIpc) is 2.46. The van der Waals surface area contributed by atoms with E-state index in [1.807, 2.05) is 11.9 Å². The number of carbonyl (C=O) groups excluding carboxylic acids is 2. The lowest BCUT2D eigenvalue weighted by molar-refractivity contribution is -0.114. The molecule has 1 N–H and O–H groups in total. The Morgan fingerprint density at radius 2 is 1.86 bits per heavy atom. The number of ether oxygens (including phenoxy) is 1. The lowest BCUT2D eigenvalue weighted by Crippen LogP contribution is -2.47. The minimum Gasteiger partial charge on any atom is -0.495 e. The van der Waals surface area contributed by atoms with Gasteiger partial charge in [-0.05, 0) is 25.2 Å². The van der Waals surface area contributed by atoms with Crippen molar-refractivity contribution in [3.8, 4) is 5.75 Å². The molecule has 1 fully saturated rings. The van der Waals surface area contributed by atoms with E-state index in [0.29, 0.717) is 17.0 Å². The van der Waals surface area contributed by atoms with E-state index in [9.17, 15) is 9.59 Å². The van der Waals surface area contributed by atoms with Crippen molar-refractivity contribution in [1.82, 2.24) is 9.80 Å². The van der Waals surface area contributed by atoms with Gasteiger partial charge in [-0.3, -0.25) is 9.59 Å². The molecule has 0 unspecified atom stereocenters. The van der Waals surface area contributed by atoms with Gasteiger partial charge in [0.1, 0.15) is 5.75 Å². The van der Waals surface area contributed by atoms with Crippen molar-refractivity contribution in [3.63, 3.8) is 0 Å². The highest BCUT2D eigenvalue weighted by Crippen LogP contribution is 2.26. The number of nitrogens with zero attached hydrogens (tertiary/aromatic N) is 2. The molecule has 114 valence electrons. The summed E-state index contributed by atoms with van der Waals surface area (Å²) in [6, 6.07) is 5.10. The topological polar surface area (TPSA) is 61.9 Å². The number of rotatable bonds is 3. The van der Waals surface area contributed by atoms with Gasteiger partial charge in [-0.25, -0.2) is 0 Å². The average molecular weight is 291 g/mol. The number of benzene rings is 1. The minimum atomic E-state index is -0.197. The van der Waals surface area contributed by atoms with Crippen LogP contribution in [0.1, 0.15) is 17.3 Å². The quantitative estimate of drug-likeness (QED) is 0.904. The molecule has 1 aromatic carbocycles. The van der Waals surface area contributed by atoms with E-state index >= 15 is 0 Å². The molecule has 1 aliphatic rings. The standard InChI is InChI=1S/C15H21N3O3/c1-11(19)16-13-10-12(4-5-14(13)21-3)15(20)18-8-6-17(2)7-9-18/h4-5,10H,6-9H2,1-3H3,(H,16,19). The third-order valence-corrected chi connectivity index (χ3v) is 3.55. The summed E-state index contributed by atoms with van der Waals surface area (Å²) in [6.45, 7) is 4.61. The fourth-order valence-electron chi connectivity index (χ4n) is 2.32. The monoisotopic (exact) mass is 291 g/mol. The molecule has 0 atom stereocenters. The highest BCUT2D eigenvalue weighted by Gasteiger charge is 2.21. The van der Waals surface area contributed by atoms with Crippen LogP contribution in [0.15, 0.2) is 18.2 Å². The van der Waals surface area contributed by atoms with Crippen LogP contribution < -0.4 is 10.1 Å². The van der Waals surface area contributed by atoms with Gasteiger partial charge in [0.2, 0.25) is 5.91 Å². The lowest BCUT2D eigenvalue weighted by atomic mass is 10.1. The molecule has 0 aliphatic carbocycles. The summed E-state index contributed by atoms with van der Waals surface area (Å²) in [4.78, 5) is 27.8. The van der Waals surface area contributed by atoms with Crippen LogP contribution in [0.2, 0.25) is 0 Å². The van der Waals surface area contributed by atoms with Crippen molar-refractivity contribution in [2.24, 2.45) is 0 Å². The van der Waals surface area contributed by atoms with Crippen LogP contribution in [0.25, 0.3) is 0 Å². The number of piperazine rings is 1. The van der Waals surface area contributed by atoms with Crippen LogP contribution in [-0.4, -0.2) is 62.0 Å². The highest BCUT2D eigenvalue weighted by atomic mass is 16.5. The molecule has 2 rings (SSSR count). The van der Waals surface area contributed by atoms with Gasteiger partial charge in [-0.1, -0.05) is 0 Å². The molecule has 0 radical (unpaired) electrons. The third-order valence-electron chi connectivity index (χ3n) is 3.55. The fourth-order valence-corrected chi connectivity index (χ4v) is 2.32. The molecule has 0 bridgehead atoms. The molecule has 2 amide bonds. The molecule has 1 aromatic rings. The molecule has 1 saturated heterocycles. The second-order valence-corrected chi connectivity index (χ2v) is 5.19. The molecule has 0 saturated carbocycles. The van der Waals surface area contributed by atoms with Crippen LogP contribution in [-0.2, 0) is 4.79 Å². The Morgan fingerprint density at radius 1 is 1.19 bits per heavy atom. The van der Waals surface area contributed by atoms with Gasteiger partial charge in [0, 0.05) is 38.7 Å². The van der Waals surface area contributed by atoms with Gasteiger partial charge in [0.25, 0.3) is 5.91 Å². The van der Waals surface area contributed by atoms with Crippen molar-refractivity contribution in [3.05, 3.63) is 23.8 Å². The number of likely N-dealkylation sites (N-methyl/N-ethyl adjacent to an activating group) is 1. The predicted octanol–water partition coefficient (Wildman–Crippen LogP) is 1.04. The van der Waals surface area contributed by atoms with E-state index in [-0.39, 0.29) is 11.8 Å². The zero-order valence-electron chi connectivity index (χ0n) is 12.7. The molecular weight excluding hydrogens is 270 g/mol. The van der Waals surface area contributed by atoms with Gasteiger partial charge in [0.15, 0.2) is 0 Å². The number of hydrogen-bond donors (Lipinski definition) is 1. The molecule has 21 heavy (non-hydrogen) atoms. The first kappa shape index (κ1) is 15.3. The summed E-state index contributed by atoms with van der Waals surface area (Å²) >= 11 is 0. The Hall–Kier alpha value is -2.08. The number of hydrogen-bond acceptors (Lipinski definition) is 4. The Labute approximate surface area is 124 Å². The number of amides is 2. The maximum atomic E-state index is 12.5. The fraction of sp³-hybridized carbons (Fsp3) is 0.467. The molecule has 6 heteroatoms. The Bertz CT molecular complexity index is 537. The van der Waals surface area contributed by atoms with Gasteiger partial charge in [-0.2, -0.15) is 0 Å². The van der Waals surface area contributed by atoms with Crippen molar-refractivity contribution in [1.29, 1.82) is 0 Å². The second-order valence-electron chi connectivity index (χ2n) is 5.19. The van der Waals surface area contributed by atoms with Crippen molar-refractivity contribution >= 4 is 17.5 Å². The van der Waals surface area contributed by atoms with E-state index in [0.717, 1.165) is 26.2 Å². The smallest absolute Gasteiger partial charge is 0.254 e. The summed E-state index contributed by atoms with van der Waals surface area (Å²) in [6.07, 6.45) is 0. The minimum absolute atomic E-state index is 0.0163. The van der Waals surface area contributed by atoms with E-state index < -0.39 is 0 Å². The zero-order valence-corrected chi connectivity index (χ0v) is 12.7. The third kappa shape index (κ3) is 3.72. The number of carbonyl (C=O) groups is 2. The predicted molar refractivity (Wildman–Crippen MR) is 80.7 cm³/mol. The summed E-state index contributed by atoms with van der Waals surface area (Å²) in [7, 11) is 3.58. The lowest BCUT2D eigenvalue weighted by Gasteiger charge is -2.32. The normalized spacial score (nSPS) is 15.7. The maximum absolute atomic E-state index is 12.5. The maximum Gasteiger partial charge on any atom is 0.254 e. The Kier molecular flexibility index (Phi) is 4.80.